The minimum atomic E-state index is 0.385. The van der Waals surface area contributed by atoms with Crippen LogP contribution >= 0.6 is 0 Å². The summed E-state index contributed by atoms with van der Waals surface area (Å²) >= 11 is 0. The zero-order valence-electron chi connectivity index (χ0n) is 8.91. The summed E-state index contributed by atoms with van der Waals surface area (Å²) in [5, 5.41) is 3.77. The molecule has 0 saturated heterocycles. The van der Waals surface area contributed by atoms with Crippen molar-refractivity contribution < 1.29 is 9.20 Å². The Kier molecular flexibility index (Phi) is 5.04. The SMILES string of the molecule is CCCCCCCC[n+]1cc(N)on1. The summed E-state index contributed by atoms with van der Waals surface area (Å²) in [4.78, 5) is 0. The van der Waals surface area contributed by atoms with E-state index in [2.05, 4.69) is 12.2 Å². The van der Waals surface area contributed by atoms with Gasteiger partial charge in [0, 0.05) is 6.42 Å². The van der Waals surface area contributed by atoms with Gasteiger partial charge in [0.2, 0.25) is 5.27 Å². The Morgan fingerprint density at radius 3 is 2.64 bits per heavy atom. The number of nitrogens with two attached hydrogens (primary N) is 1. The normalized spacial score (nSPS) is 10.6. The van der Waals surface area contributed by atoms with E-state index in [0.29, 0.717) is 5.88 Å². The summed E-state index contributed by atoms with van der Waals surface area (Å²) in [5.41, 5.74) is 5.40. The Morgan fingerprint density at radius 1 is 1.29 bits per heavy atom. The third kappa shape index (κ3) is 4.25. The van der Waals surface area contributed by atoms with Crippen LogP contribution in [-0.2, 0) is 6.54 Å². The van der Waals surface area contributed by atoms with E-state index in [-0.39, 0.29) is 0 Å². The fourth-order valence-electron chi connectivity index (χ4n) is 1.45. The van der Waals surface area contributed by atoms with Crippen molar-refractivity contribution in [2.45, 2.75) is 52.0 Å². The minimum absolute atomic E-state index is 0.385. The van der Waals surface area contributed by atoms with Crippen molar-refractivity contribution in [2.24, 2.45) is 0 Å². The molecule has 1 aromatic heterocycles. The van der Waals surface area contributed by atoms with Crippen LogP contribution in [0.1, 0.15) is 45.4 Å². The molecule has 0 aliphatic rings. The third-order valence-corrected chi connectivity index (χ3v) is 2.27. The minimum Gasteiger partial charge on any atom is -0.362 e. The number of unbranched alkanes of at least 4 members (excludes halogenated alkanes) is 5. The highest BCUT2D eigenvalue weighted by molar-refractivity contribution is 5.11. The van der Waals surface area contributed by atoms with Crippen molar-refractivity contribution in [3.63, 3.8) is 0 Å². The van der Waals surface area contributed by atoms with Gasteiger partial charge in [-0.3, -0.25) is 4.52 Å². The van der Waals surface area contributed by atoms with Crippen LogP contribution in [0.4, 0.5) is 5.88 Å². The average Bonchev–Trinajstić information content (AvgIpc) is 2.58. The third-order valence-electron chi connectivity index (χ3n) is 2.27. The maximum atomic E-state index is 5.40. The van der Waals surface area contributed by atoms with E-state index in [1.807, 2.05) is 0 Å². The van der Waals surface area contributed by atoms with Crippen LogP contribution < -0.4 is 10.4 Å². The van der Waals surface area contributed by atoms with E-state index in [1.54, 1.807) is 10.9 Å². The van der Waals surface area contributed by atoms with E-state index in [9.17, 15) is 0 Å². The molecule has 0 saturated carbocycles. The fourth-order valence-corrected chi connectivity index (χ4v) is 1.45. The molecule has 1 rings (SSSR count). The number of hydrogen-bond donors (Lipinski definition) is 1. The van der Waals surface area contributed by atoms with Gasteiger partial charge in [-0.15, -0.1) is 0 Å². The molecule has 0 atom stereocenters. The van der Waals surface area contributed by atoms with Gasteiger partial charge in [0.15, 0.2) is 6.54 Å². The van der Waals surface area contributed by atoms with Crippen molar-refractivity contribution in [2.75, 3.05) is 5.73 Å². The Balaban J connectivity index is 1.99. The molecule has 0 radical (unpaired) electrons. The van der Waals surface area contributed by atoms with Gasteiger partial charge in [-0.2, -0.15) is 0 Å². The summed E-state index contributed by atoms with van der Waals surface area (Å²) in [6.45, 7) is 3.14. The van der Waals surface area contributed by atoms with Gasteiger partial charge in [-0.05, 0) is 6.42 Å². The monoisotopic (exact) mass is 198 g/mol. The maximum Gasteiger partial charge on any atom is 0.293 e. The van der Waals surface area contributed by atoms with Gasteiger partial charge >= 0.3 is 0 Å². The number of anilines is 1. The highest BCUT2D eigenvalue weighted by Crippen LogP contribution is 2.04. The number of rotatable bonds is 7. The summed E-state index contributed by atoms with van der Waals surface area (Å²) in [7, 11) is 0. The topological polar surface area (TPSA) is 55.9 Å². The average molecular weight is 198 g/mol. The van der Waals surface area contributed by atoms with E-state index in [0.717, 1.165) is 13.0 Å². The smallest absolute Gasteiger partial charge is 0.293 e. The largest absolute Gasteiger partial charge is 0.362 e. The predicted molar refractivity (Wildman–Crippen MR) is 54.5 cm³/mol. The Labute approximate surface area is 85.1 Å². The molecule has 0 spiro atoms. The first-order chi connectivity index (χ1) is 6.83. The van der Waals surface area contributed by atoms with Crippen LogP contribution in [0.3, 0.4) is 0 Å². The van der Waals surface area contributed by atoms with Gasteiger partial charge in [0.25, 0.3) is 12.1 Å². The second-order valence-electron chi connectivity index (χ2n) is 3.64. The molecule has 4 nitrogen and oxygen atoms in total. The molecule has 1 aromatic rings. The fraction of sp³-hybridized carbons (Fsp3) is 0.800. The molecule has 4 heteroatoms. The van der Waals surface area contributed by atoms with E-state index < -0.39 is 0 Å². The van der Waals surface area contributed by atoms with Gasteiger partial charge in [-0.25, -0.2) is 0 Å². The molecular weight excluding hydrogens is 178 g/mol. The lowest BCUT2D eigenvalue weighted by atomic mass is 10.1. The zero-order chi connectivity index (χ0) is 10.2. The van der Waals surface area contributed by atoms with E-state index >= 15 is 0 Å². The summed E-state index contributed by atoms with van der Waals surface area (Å²) in [5.74, 6) is 0.385. The van der Waals surface area contributed by atoms with Crippen molar-refractivity contribution >= 4 is 5.88 Å². The van der Waals surface area contributed by atoms with Crippen molar-refractivity contribution in [1.82, 2.24) is 5.27 Å². The first-order valence-electron chi connectivity index (χ1n) is 5.45. The second kappa shape index (κ2) is 6.40. The number of nitrogen functional groups attached to an aromatic ring is 1. The van der Waals surface area contributed by atoms with E-state index in [4.69, 9.17) is 10.3 Å². The van der Waals surface area contributed by atoms with Crippen LogP contribution in [-0.4, -0.2) is 5.27 Å². The maximum absolute atomic E-state index is 5.40. The summed E-state index contributed by atoms with van der Waals surface area (Å²) in [6, 6.07) is 0. The predicted octanol–water partition coefficient (Wildman–Crippen LogP) is 1.90. The lowest BCUT2D eigenvalue weighted by Crippen LogP contribution is -2.34. The molecule has 1 heterocycles. The molecule has 2 N–H and O–H groups in total. The zero-order valence-corrected chi connectivity index (χ0v) is 8.91. The lowest BCUT2D eigenvalue weighted by molar-refractivity contribution is -0.762. The molecule has 0 aromatic carbocycles. The van der Waals surface area contributed by atoms with Gasteiger partial charge in [0.05, 0.1) is 0 Å². The molecule has 80 valence electrons. The van der Waals surface area contributed by atoms with Crippen molar-refractivity contribution in [3.8, 4) is 0 Å². The lowest BCUT2D eigenvalue weighted by Gasteiger charge is -1.95. The standard InChI is InChI=1S/C10H20N3O/c1-2-3-4-5-6-7-8-13-9-10(11)14-12-13/h9H,2-8,11H2,1H3/q+1. The molecule has 0 bridgehead atoms. The number of aromatic nitrogens is 2. The first kappa shape index (κ1) is 11.0. The summed E-state index contributed by atoms with van der Waals surface area (Å²) in [6.07, 6.45) is 9.47. The van der Waals surface area contributed by atoms with Crippen LogP contribution in [0.25, 0.3) is 0 Å². The van der Waals surface area contributed by atoms with Crippen molar-refractivity contribution in [3.05, 3.63) is 6.20 Å². The van der Waals surface area contributed by atoms with Crippen LogP contribution in [0.5, 0.6) is 0 Å². The number of aryl methyl sites for hydroxylation is 1. The number of hydrogen-bond acceptors (Lipinski definition) is 3. The first-order valence-corrected chi connectivity index (χ1v) is 5.45. The van der Waals surface area contributed by atoms with Gasteiger partial charge in [-0.1, -0.05) is 37.3 Å². The molecule has 0 aliphatic heterocycles. The van der Waals surface area contributed by atoms with Crippen LogP contribution in [0.2, 0.25) is 0 Å². The van der Waals surface area contributed by atoms with Crippen LogP contribution in [0, 0.1) is 0 Å². The Morgan fingerprint density at radius 2 is 2.00 bits per heavy atom. The Hall–Kier alpha value is -1.06. The second-order valence-corrected chi connectivity index (χ2v) is 3.64. The van der Waals surface area contributed by atoms with Gasteiger partial charge < -0.3 is 5.73 Å². The quantitative estimate of drug-likeness (QED) is 0.538. The highest BCUT2D eigenvalue weighted by Gasteiger charge is 2.06. The molecule has 0 fully saturated rings. The summed E-state index contributed by atoms with van der Waals surface area (Å²) < 4.78 is 6.51. The van der Waals surface area contributed by atoms with Crippen molar-refractivity contribution in [1.29, 1.82) is 0 Å². The molecule has 0 aliphatic carbocycles. The molecule has 0 unspecified atom stereocenters. The highest BCUT2D eigenvalue weighted by atomic mass is 16.5. The van der Waals surface area contributed by atoms with Gasteiger partial charge in [0.1, 0.15) is 0 Å². The number of nitrogens with zero attached hydrogens (tertiary/aromatic N) is 2. The molecular formula is C10H20N3O+. The van der Waals surface area contributed by atoms with Crippen LogP contribution in [0.15, 0.2) is 10.7 Å². The molecule has 14 heavy (non-hydrogen) atoms. The van der Waals surface area contributed by atoms with E-state index in [1.165, 1.54) is 32.1 Å². The Bertz CT molecular complexity index is 247. The molecule has 0 amide bonds.